The lowest BCUT2D eigenvalue weighted by Gasteiger charge is -2.32. The number of nitrogen functional groups attached to an aromatic ring is 1. The van der Waals surface area contributed by atoms with Crippen molar-refractivity contribution in [3.63, 3.8) is 0 Å². The predicted octanol–water partition coefficient (Wildman–Crippen LogP) is 4.17. The van der Waals surface area contributed by atoms with E-state index in [-0.39, 0.29) is 18.1 Å². The minimum Gasteiger partial charge on any atom is -0.490 e. The molecule has 1 unspecified atom stereocenters. The fourth-order valence-electron chi connectivity index (χ4n) is 3.45. The van der Waals surface area contributed by atoms with Crippen molar-refractivity contribution in [1.82, 2.24) is 9.97 Å². The van der Waals surface area contributed by atoms with Gasteiger partial charge in [-0.1, -0.05) is 11.6 Å². The van der Waals surface area contributed by atoms with Gasteiger partial charge in [0.2, 0.25) is 5.95 Å². The molecule has 0 aliphatic carbocycles. The molecule has 1 aliphatic heterocycles. The number of aromatic nitrogens is 2. The van der Waals surface area contributed by atoms with E-state index in [1.54, 1.807) is 0 Å². The summed E-state index contributed by atoms with van der Waals surface area (Å²) in [6.07, 6.45) is 0.894. The zero-order valence-corrected chi connectivity index (χ0v) is 18.2. The molecule has 1 fully saturated rings. The van der Waals surface area contributed by atoms with Crippen LogP contribution in [0.15, 0.2) is 18.2 Å². The highest BCUT2D eigenvalue weighted by molar-refractivity contribution is 6.31. The van der Waals surface area contributed by atoms with Crippen molar-refractivity contribution in [2.24, 2.45) is 0 Å². The largest absolute Gasteiger partial charge is 0.490 e. The highest BCUT2D eigenvalue weighted by Gasteiger charge is 2.28. The zero-order valence-electron chi connectivity index (χ0n) is 17.4. The first kappa shape index (κ1) is 21.5. The van der Waals surface area contributed by atoms with Crippen LogP contribution >= 0.6 is 11.6 Å². The standard InChI is InChI=1S/C21H29ClN4O3/c1-5-28-18-10-15(16(22)11-19(18)29-13(2)3)17-12-27-8-6-7-26(17)20-9-14(4)24-21(23)25-20/h9-11,13,17H,5-8,12H2,1-4H3,(H2,23,24,25). The van der Waals surface area contributed by atoms with Crippen LogP contribution in [-0.2, 0) is 4.74 Å². The second-order valence-corrected chi connectivity index (χ2v) is 7.69. The van der Waals surface area contributed by atoms with E-state index in [4.69, 9.17) is 31.5 Å². The molecule has 0 radical (unpaired) electrons. The lowest BCUT2D eigenvalue weighted by atomic mass is 10.0. The summed E-state index contributed by atoms with van der Waals surface area (Å²) in [7, 11) is 0. The highest BCUT2D eigenvalue weighted by Crippen LogP contribution is 2.40. The second kappa shape index (κ2) is 9.50. The molecular weight excluding hydrogens is 392 g/mol. The molecule has 8 heteroatoms. The number of rotatable bonds is 6. The van der Waals surface area contributed by atoms with Crippen molar-refractivity contribution in [3.8, 4) is 11.5 Å². The third-order valence-electron chi connectivity index (χ3n) is 4.58. The van der Waals surface area contributed by atoms with E-state index in [9.17, 15) is 0 Å². The van der Waals surface area contributed by atoms with E-state index < -0.39 is 0 Å². The van der Waals surface area contributed by atoms with Crippen LogP contribution in [0.2, 0.25) is 5.02 Å². The Morgan fingerprint density at radius 3 is 2.76 bits per heavy atom. The van der Waals surface area contributed by atoms with E-state index in [1.807, 2.05) is 45.9 Å². The first-order chi connectivity index (χ1) is 13.9. The van der Waals surface area contributed by atoms with Gasteiger partial charge in [0.15, 0.2) is 11.5 Å². The van der Waals surface area contributed by atoms with Crippen LogP contribution in [-0.4, -0.2) is 42.4 Å². The summed E-state index contributed by atoms with van der Waals surface area (Å²) in [6, 6.07) is 5.58. The molecule has 1 atom stereocenters. The summed E-state index contributed by atoms with van der Waals surface area (Å²) in [5.74, 6) is 2.33. The topological polar surface area (TPSA) is 82.7 Å². The van der Waals surface area contributed by atoms with Crippen molar-refractivity contribution in [3.05, 3.63) is 34.5 Å². The Morgan fingerprint density at radius 1 is 1.28 bits per heavy atom. The van der Waals surface area contributed by atoms with Crippen molar-refractivity contribution >= 4 is 23.4 Å². The fourth-order valence-corrected chi connectivity index (χ4v) is 3.73. The van der Waals surface area contributed by atoms with Gasteiger partial charge in [-0.15, -0.1) is 0 Å². The minimum atomic E-state index is -0.133. The molecule has 0 amide bonds. The molecular formula is C21H29ClN4O3. The molecule has 2 aromatic rings. The number of aryl methyl sites for hydroxylation is 1. The van der Waals surface area contributed by atoms with Crippen LogP contribution in [0.1, 0.15) is 44.5 Å². The van der Waals surface area contributed by atoms with E-state index in [1.165, 1.54) is 0 Å². The monoisotopic (exact) mass is 420 g/mol. The van der Waals surface area contributed by atoms with E-state index in [0.717, 1.165) is 30.0 Å². The fraction of sp³-hybridized carbons (Fsp3) is 0.524. The van der Waals surface area contributed by atoms with Gasteiger partial charge in [0.1, 0.15) is 5.82 Å². The molecule has 0 saturated carbocycles. The van der Waals surface area contributed by atoms with Gasteiger partial charge >= 0.3 is 0 Å². The third kappa shape index (κ3) is 5.22. The molecule has 0 bridgehead atoms. The molecule has 2 N–H and O–H groups in total. The maximum atomic E-state index is 6.71. The quantitative estimate of drug-likeness (QED) is 0.750. The summed E-state index contributed by atoms with van der Waals surface area (Å²) < 4.78 is 17.6. The first-order valence-corrected chi connectivity index (χ1v) is 10.3. The van der Waals surface area contributed by atoms with Gasteiger partial charge in [-0.25, -0.2) is 4.98 Å². The molecule has 3 rings (SSSR count). The number of halogens is 1. The van der Waals surface area contributed by atoms with Gasteiger partial charge in [0.05, 0.1) is 25.4 Å². The van der Waals surface area contributed by atoms with Crippen molar-refractivity contribution in [1.29, 1.82) is 0 Å². The number of anilines is 2. The average Bonchev–Trinajstić information content (AvgIpc) is 2.88. The Labute approximate surface area is 177 Å². The van der Waals surface area contributed by atoms with Gasteiger partial charge in [0.25, 0.3) is 0 Å². The molecule has 2 heterocycles. The molecule has 7 nitrogen and oxygen atoms in total. The molecule has 1 saturated heterocycles. The lowest BCUT2D eigenvalue weighted by Crippen LogP contribution is -2.32. The van der Waals surface area contributed by atoms with Crippen LogP contribution < -0.4 is 20.1 Å². The van der Waals surface area contributed by atoms with Crippen molar-refractivity contribution < 1.29 is 14.2 Å². The third-order valence-corrected chi connectivity index (χ3v) is 4.90. The molecule has 1 aromatic carbocycles. The summed E-state index contributed by atoms with van der Waals surface area (Å²) in [6.45, 7) is 10.3. The summed E-state index contributed by atoms with van der Waals surface area (Å²) >= 11 is 6.71. The van der Waals surface area contributed by atoms with Crippen LogP contribution in [0.25, 0.3) is 0 Å². The highest BCUT2D eigenvalue weighted by atomic mass is 35.5. The lowest BCUT2D eigenvalue weighted by molar-refractivity contribution is 0.134. The van der Waals surface area contributed by atoms with E-state index in [2.05, 4.69) is 14.9 Å². The molecule has 0 spiro atoms. The van der Waals surface area contributed by atoms with Gasteiger partial charge in [0, 0.05) is 36.0 Å². The number of hydrogen-bond acceptors (Lipinski definition) is 7. The Hall–Kier alpha value is -2.25. The summed E-state index contributed by atoms with van der Waals surface area (Å²) in [4.78, 5) is 10.8. The number of nitrogens with two attached hydrogens (primary N) is 1. The Balaban J connectivity index is 2.05. The number of hydrogen-bond donors (Lipinski definition) is 1. The number of benzene rings is 1. The van der Waals surface area contributed by atoms with Crippen LogP contribution in [0.3, 0.4) is 0 Å². The van der Waals surface area contributed by atoms with Crippen LogP contribution in [0, 0.1) is 6.92 Å². The van der Waals surface area contributed by atoms with E-state index in [0.29, 0.717) is 36.3 Å². The van der Waals surface area contributed by atoms with Gasteiger partial charge in [-0.05, 0) is 45.7 Å². The van der Waals surface area contributed by atoms with Gasteiger partial charge < -0.3 is 24.8 Å². The van der Waals surface area contributed by atoms with Crippen LogP contribution in [0.4, 0.5) is 11.8 Å². The van der Waals surface area contributed by atoms with E-state index >= 15 is 0 Å². The average molecular weight is 421 g/mol. The number of nitrogens with zero attached hydrogens (tertiary/aromatic N) is 3. The first-order valence-electron chi connectivity index (χ1n) is 9.97. The van der Waals surface area contributed by atoms with Crippen molar-refractivity contribution in [2.45, 2.75) is 46.3 Å². The Bertz CT molecular complexity index is 827. The normalized spacial score (nSPS) is 17.3. The smallest absolute Gasteiger partial charge is 0.222 e. The molecule has 29 heavy (non-hydrogen) atoms. The Morgan fingerprint density at radius 2 is 2.07 bits per heavy atom. The van der Waals surface area contributed by atoms with Crippen molar-refractivity contribution in [2.75, 3.05) is 37.0 Å². The minimum absolute atomic E-state index is 0.0146. The Kier molecular flexibility index (Phi) is 7.03. The summed E-state index contributed by atoms with van der Waals surface area (Å²) in [5.41, 5.74) is 7.63. The van der Waals surface area contributed by atoms with Gasteiger partial charge in [-0.3, -0.25) is 0 Å². The zero-order chi connectivity index (χ0) is 21.0. The molecule has 1 aliphatic rings. The number of ether oxygens (including phenoxy) is 3. The second-order valence-electron chi connectivity index (χ2n) is 7.28. The SMILES string of the molecule is CCOc1cc(C2COCCCN2c2cc(C)nc(N)n2)c(Cl)cc1OC(C)C. The molecule has 158 valence electrons. The predicted molar refractivity (Wildman–Crippen MR) is 115 cm³/mol. The van der Waals surface area contributed by atoms with Gasteiger partial charge in [-0.2, -0.15) is 4.98 Å². The maximum Gasteiger partial charge on any atom is 0.222 e. The molecule has 1 aromatic heterocycles. The van der Waals surface area contributed by atoms with Crippen LogP contribution in [0.5, 0.6) is 11.5 Å². The maximum absolute atomic E-state index is 6.71. The summed E-state index contributed by atoms with van der Waals surface area (Å²) in [5, 5.41) is 0.600.